The minimum Gasteiger partial charge on any atom is -0.361 e. The number of benzene rings is 2. The lowest BCUT2D eigenvalue weighted by Crippen LogP contribution is -2.35. The lowest BCUT2D eigenvalue weighted by molar-refractivity contribution is 0.346. The van der Waals surface area contributed by atoms with E-state index in [9.17, 15) is 8.42 Å². The van der Waals surface area contributed by atoms with Gasteiger partial charge in [-0.05, 0) is 61.5 Å². The SMILES string of the molecule is O=S(=O)(c1ccc2[nH]cc(/C=N/NC(=S)Nc3cccc(Cl)c3)c2c1)N1CCCCC1. The molecule has 31 heavy (non-hydrogen) atoms. The molecule has 0 amide bonds. The Morgan fingerprint density at radius 1 is 1.16 bits per heavy atom. The van der Waals surface area contributed by atoms with Crippen LogP contribution in [0.2, 0.25) is 5.02 Å². The number of nitrogens with zero attached hydrogens (tertiary/aromatic N) is 2. The Kier molecular flexibility index (Phi) is 6.57. The molecule has 0 bridgehead atoms. The summed E-state index contributed by atoms with van der Waals surface area (Å²) >= 11 is 11.2. The maximum absolute atomic E-state index is 13.0. The van der Waals surface area contributed by atoms with E-state index in [0.717, 1.165) is 41.4 Å². The summed E-state index contributed by atoms with van der Waals surface area (Å²) in [5.41, 5.74) is 5.09. The second kappa shape index (κ2) is 9.35. The van der Waals surface area contributed by atoms with Gasteiger partial charge in [0.1, 0.15) is 0 Å². The van der Waals surface area contributed by atoms with Crippen LogP contribution >= 0.6 is 23.8 Å². The number of rotatable bonds is 5. The minimum absolute atomic E-state index is 0.294. The van der Waals surface area contributed by atoms with E-state index in [4.69, 9.17) is 23.8 Å². The number of thiocarbonyl (C=S) groups is 1. The number of halogens is 1. The molecule has 0 spiro atoms. The summed E-state index contributed by atoms with van der Waals surface area (Å²) in [6.07, 6.45) is 6.25. The van der Waals surface area contributed by atoms with E-state index in [1.165, 1.54) is 0 Å². The highest BCUT2D eigenvalue weighted by atomic mass is 35.5. The van der Waals surface area contributed by atoms with Gasteiger partial charge in [-0.1, -0.05) is 24.1 Å². The van der Waals surface area contributed by atoms with Crippen LogP contribution in [-0.4, -0.2) is 42.1 Å². The summed E-state index contributed by atoms with van der Waals surface area (Å²) in [6.45, 7) is 1.14. The number of aromatic nitrogens is 1. The first-order valence-corrected chi connectivity index (χ1v) is 12.1. The number of anilines is 1. The smallest absolute Gasteiger partial charge is 0.243 e. The predicted molar refractivity (Wildman–Crippen MR) is 129 cm³/mol. The number of nitrogens with one attached hydrogen (secondary N) is 3. The standard InChI is InChI=1S/C21H22ClN5O2S2/c22-16-5-4-6-17(11-16)25-21(30)26-24-14-15-13-23-20-8-7-18(12-19(15)20)31(28,29)27-9-2-1-3-10-27/h4-8,11-14,23H,1-3,9-10H2,(H2,25,26,30)/b24-14+. The van der Waals surface area contributed by atoms with Crippen LogP contribution < -0.4 is 10.7 Å². The van der Waals surface area contributed by atoms with Crippen molar-refractivity contribution in [2.45, 2.75) is 24.2 Å². The van der Waals surface area contributed by atoms with Gasteiger partial charge in [-0.15, -0.1) is 0 Å². The van der Waals surface area contributed by atoms with E-state index in [-0.39, 0.29) is 0 Å². The van der Waals surface area contributed by atoms with Gasteiger partial charge in [0.25, 0.3) is 0 Å². The van der Waals surface area contributed by atoms with E-state index in [2.05, 4.69) is 20.8 Å². The van der Waals surface area contributed by atoms with Crippen LogP contribution in [0, 0.1) is 0 Å². The number of sulfonamides is 1. The number of fused-ring (bicyclic) bond motifs is 1. The Balaban J connectivity index is 1.49. The summed E-state index contributed by atoms with van der Waals surface area (Å²) in [7, 11) is -3.50. The molecule has 0 saturated carbocycles. The summed E-state index contributed by atoms with van der Waals surface area (Å²) in [4.78, 5) is 3.43. The molecule has 1 aromatic heterocycles. The van der Waals surface area contributed by atoms with Crippen molar-refractivity contribution in [3.05, 3.63) is 59.2 Å². The average molecular weight is 476 g/mol. The van der Waals surface area contributed by atoms with E-state index in [1.54, 1.807) is 47.0 Å². The molecular formula is C21H22ClN5O2S2. The molecule has 4 rings (SSSR count). The van der Waals surface area contributed by atoms with E-state index < -0.39 is 10.0 Å². The molecule has 1 fully saturated rings. The molecule has 2 aromatic carbocycles. The van der Waals surface area contributed by atoms with Crippen LogP contribution in [-0.2, 0) is 10.0 Å². The lowest BCUT2D eigenvalue weighted by atomic mass is 10.2. The first-order chi connectivity index (χ1) is 14.9. The maximum atomic E-state index is 13.0. The molecule has 3 aromatic rings. The molecule has 0 aliphatic carbocycles. The second-order valence-corrected chi connectivity index (χ2v) is 10.0. The van der Waals surface area contributed by atoms with Crippen molar-refractivity contribution in [1.82, 2.24) is 14.7 Å². The summed E-state index contributed by atoms with van der Waals surface area (Å²) < 4.78 is 27.6. The van der Waals surface area contributed by atoms with Crippen molar-refractivity contribution in [2.75, 3.05) is 18.4 Å². The average Bonchev–Trinajstić information content (AvgIpc) is 3.17. The van der Waals surface area contributed by atoms with Gasteiger partial charge in [-0.3, -0.25) is 5.43 Å². The van der Waals surface area contributed by atoms with Crippen LogP contribution in [0.15, 0.2) is 58.7 Å². The van der Waals surface area contributed by atoms with E-state index in [1.807, 2.05) is 12.1 Å². The first-order valence-electron chi connectivity index (χ1n) is 9.90. The molecule has 1 aliphatic heterocycles. The molecule has 162 valence electrons. The zero-order valence-electron chi connectivity index (χ0n) is 16.6. The zero-order chi connectivity index (χ0) is 21.8. The number of H-pyrrole nitrogens is 1. The van der Waals surface area contributed by atoms with Crippen LogP contribution in [0.1, 0.15) is 24.8 Å². The number of hydrazone groups is 1. The highest BCUT2D eigenvalue weighted by molar-refractivity contribution is 7.89. The van der Waals surface area contributed by atoms with Gasteiger partial charge in [0, 0.05) is 46.5 Å². The normalized spacial score (nSPS) is 15.4. The van der Waals surface area contributed by atoms with Crippen LogP contribution in [0.4, 0.5) is 5.69 Å². The minimum atomic E-state index is -3.50. The molecular weight excluding hydrogens is 454 g/mol. The Morgan fingerprint density at radius 3 is 2.74 bits per heavy atom. The molecule has 3 N–H and O–H groups in total. The Labute approximate surface area is 191 Å². The van der Waals surface area contributed by atoms with Gasteiger partial charge < -0.3 is 10.3 Å². The summed E-state index contributed by atoms with van der Waals surface area (Å²) in [5.74, 6) is 0. The van der Waals surface area contributed by atoms with E-state index in [0.29, 0.717) is 28.1 Å². The number of piperidine rings is 1. The molecule has 2 heterocycles. The van der Waals surface area contributed by atoms with Crippen molar-refractivity contribution in [3.8, 4) is 0 Å². The number of hydrogen-bond acceptors (Lipinski definition) is 4. The monoisotopic (exact) mass is 475 g/mol. The number of hydrogen-bond donors (Lipinski definition) is 3. The fraction of sp³-hybridized carbons (Fsp3) is 0.238. The summed E-state index contributed by atoms with van der Waals surface area (Å²) in [6, 6.07) is 12.3. The van der Waals surface area contributed by atoms with Gasteiger partial charge in [-0.25, -0.2) is 8.42 Å². The lowest BCUT2D eigenvalue weighted by Gasteiger charge is -2.25. The molecule has 7 nitrogen and oxygen atoms in total. The predicted octanol–water partition coefficient (Wildman–Crippen LogP) is 4.32. The molecule has 1 saturated heterocycles. The fourth-order valence-electron chi connectivity index (χ4n) is 3.53. The van der Waals surface area contributed by atoms with Crippen LogP contribution in [0.25, 0.3) is 10.9 Å². The Morgan fingerprint density at radius 2 is 1.97 bits per heavy atom. The highest BCUT2D eigenvalue weighted by Crippen LogP contribution is 2.25. The topological polar surface area (TPSA) is 89.6 Å². The van der Waals surface area contributed by atoms with Crippen LogP contribution in [0.3, 0.4) is 0 Å². The zero-order valence-corrected chi connectivity index (χ0v) is 19.0. The molecule has 1 aliphatic rings. The van der Waals surface area contributed by atoms with Gasteiger partial charge >= 0.3 is 0 Å². The highest BCUT2D eigenvalue weighted by Gasteiger charge is 2.26. The van der Waals surface area contributed by atoms with Crippen LogP contribution in [0.5, 0.6) is 0 Å². The van der Waals surface area contributed by atoms with Gasteiger partial charge in [-0.2, -0.15) is 9.41 Å². The third-order valence-electron chi connectivity index (χ3n) is 5.09. The van der Waals surface area contributed by atoms with Gasteiger partial charge in [0.2, 0.25) is 10.0 Å². The van der Waals surface area contributed by atoms with Crippen molar-refractivity contribution in [1.29, 1.82) is 0 Å². The van der Waals surface area contributed by atoms with Crippen molar-refractivity contribution in [2.24, 2.45) is 5.10 Å². The maximum Gasteiger partial charge on any atom is 0.243 e. The molecule has 0 unspecified atom stereocenters. The summed E-state index contributed by atoms with van der Waals surface area (Å²) in [5, 5.41) is 8.86. The number of aromatic amines is 1. The third-order valence-corrected chi connectivity index (χ3v) is 7.41. The third kappa shape index (κ3) is 5.07. The fourth-order valence-corrected chi connectivity index (χ4v) is 5.43. The van der Waals surface area contributed by atoms with Crippen molar-refractivity contribution < 1.29 is 8.42 Å². The van der Waals surface area contributed by atoms with E-state index >= 15 is 0 Å². The first kappa shape index (κ1) is 21.8. The molecule has 10 heteroatoms. The Hall–Kier alpha value is -2.46. The second-order valence-electron chi connectivity index (χ2n) is 7.25. The van der Waals surface area contributed by atoms with Gasteiger partial charge in [0.15, 0.2) is 5.11 Å². The van der Waals surface area contributed by atoms with Gasteiger partial charge in [0.05, 0.1) is 11.1 Å². The molecule has 0 atom stereocenters. The quantitative estimate of drug-likeness (QED) is 0.290. The molecule has 0 radical (unpaired) electrons. The van der Waals surface area contributed by atoms with Crippen molar-refractivity contribution >= 4 is 61.8 Å². The Bertz CT molecular complexity index is 1230. The largest absolute Gasteiger partial charge is 0.361 e. The van der Waals surface area contributed by atoms with Crippen molar-refractivity contribution in [3.63, 3.8) is 0 Å².